The van der Waals surface area contributed by atoms with Gasteiger partial charge in [-0.1, -0.05) is 6.92 Å². The van der Waals surface area contributed by atoms with Crippen LogP contribution in [0.25, 0.3) is 0 Å². The molecule has 0 amide bonds. The first-order chi connectivity index (χ1) is 13.3. The Labute approximate surface area is 164 Å². The average Bonchev–Trinajstić information content (AvgIpc) is 2.65. The van der Waals surface area contributed by atoms with Crippen molar-refractivity contribution in [2.24, 2.45) is 7.05 Å². The Morgan fingerprint density at radius 2 is 1.82 bits per heavy atom. The van der Waals surface area contributed by atoms with E-state index in [1.807, 2.05) is 45.2 Å². The van der Waals surface area contributed by atoms with E-state index >= 15 is 0 Å². The van der Waals surface area contributed by atoms with Crippen LogP contribution in [0.15, 0.2) is 33.9 Å². The van der Waals surface area contributed by atoms with Crippen LogP contribution in [0.3, 0.4) is 0 Å². The van der Waals surface area contributed by atoms with Crippen molar-refractivity contribution in [1.82, 2.24) is 9.13 Å². The summed E-state index contributed by atoms with van der Waals surface area (Å²) in [5, 5.41) is 0. The second-order valence-electron chi connectivity index (χ2n) is 6.87. The van der Waals surface area contributed by atoms with Crippen molar-refractivity contribution in [3.8, 4) is 5.75 Å². The molecule has 0 aliphatic heterocycles. The molecule has 8 nitrogen and oxygen atoms in total. The third kappa shape index (κ3) is 4.69. The number of nitrogens with zero attached hydrogens (tertiary/aromatic N) is 2. The SMILES string of the molecule is CCCn1c(N)c(C(=O)C[NH+](C)Cc2ccc(OCC)cc2)c(=O)n(C)c1=O. The molecule has 152 valence electrons. The maximum Gasteiger partial charge on any atom is 0.332 e. The second-order valence-corrected chi connectivity index (χ2v) is 6.87. The summed E-state index contributed by atoms with van der Waals surface area (Å²) in [5.74, 6) is 0.384. The van der Waals surface area contributed by atoms with Gasteiger partial charge in [0.15, 0.2) is 0 Å². The van der Waals surface area contributed by atoms with Gasteiger partial charge in [0.05, 0.1) is 13.7 Å². The normalized spacial score (nSPS) is 12.0. The number of ether oxygens (including phenoxy) is 1. The first kappa shape index (κ1) is 21.4. The summed E-state index contributed by atoms with van der Waals surface area (Å²) >= 11 is 0. The van der Waals surface area contributed by atoms with Gasteiger partial charge in [0.25, 0.3) is 5.56 Å². The minimum absolute atomic E-state index is 0.0474. The molecule has 1 atom stereocenters. The van der Waals surface area contributed by atoms with Crippen LogP contribution in [0.2, 0.25) is 0 Å². The number of Topliss-reactive ketones (excluding diaryl/α,β-unsaturated/α-hetero) is 1. The van der Waals surface area contributed by atoms with Crippen LogP contribution >= 0.6 is 0 Å². The predicted molar refractivity (Wildman–Crippen MR) is 108 cm³/mol. The largest absolute Gasteiger partial charge is 0.494 e. The molecule has 0 aliphatic carbocycles. The molecule has 0 spiro atoms. The molecular formula is C20H29N4O4+. The van der Waals surface area contributed by atoms with Crippen LogP contribution < -0.4 is 26.6 Å². The number of nitrogens with two attached hydrogens (primary N) is 1. The van der Waals surface area contributed by atoms with Gasteiger partial charge in [-0.05, 0) is 37.6 Å². The molecule has 2 rings (SSSR count). The van der Waals surface area contributed by atoms with Crippen molar-refractivity contribution < 1.29 is 14.4 Å². The number of likely N-dealkylation sites (N-methyl/N-ethyl adjacent to an activating group) is 1. The number of carbonyl (C=O) groups excluding carboxylic acids is 1. The zero-order chi connectivity index (χ0) is 20.8. The fourth-order valence-electron chi connectivity index (χ4n) is 3.13. The number of hydrogen-bond acceptors (Lipinski definition) is 5. The number of anilines is 1. The van der Waals surface area contributed by atoms with E-state index in [0.29, 0.717) is 26.1 Å². The highest BCUT2D eigenvalue weighted by atomic mass is 16.5. The van der Waals surface area contributed by atoms with Gasteiger partial charge in [-0.2, -0.15) is 0 Å². The van der Waals surface area contributed by atoms with Gasteiger partial charge in [-0.15, -0.1) is 0 Å². The van der Waals surface area contributed by atoms with Gasteiger partial charge in [-0.3, -0.25) is 18.7 Å². The molecular weight excluding hydrogens is 360 g/mol. The summed E-state index contributed by atoms with van der Waals surface area (Å²) in [5.41, 5.74) is 5.81. The highest BCUT2D eigenvalue weighted by Gasteiger charge is 2.23. The van der Waals surface area contributed by atoms with E-state index < -0.39 is 11.2 Å². The average molecular weight is 389 g/mol. The molecule has 8 heteroatoms. The highest BCUT2D eigenvalue weighted by Crippen LogP contribution is 2.11. The number of ketones is 1. The van der Waals surface area contributed by atoms with Gasteiger partial charge >= 0.3 is 5.69 Å². The fourth-order valence-corrected chi connectivity index (χ4v) is 3.13. The Morgan fingerprint density at radius 3 is 2.39 bits per heavy atom. The molecule has 2 aromatic rings. The Morgan fingerprint density at radius 1 is 1.18 bits per heavy atom. The van der Waals surface area contributed by atoms with Crippen molar-refractivity contribution in [2.75, 3.05) is 25.9 Å². The molecule has 1 aromatic carbocycles. The van der Waals surface area contributed by atoms with Gasteiger partial charge in [0.2, 0.25) is 5.78 Å². The van der Waals surface area contributed by atoms with Gasteiger partial charge in [0.1, 0.15) is 30.2 Å². The monoisotopic (exact) mass is 389 g/mol. The number of hydrogen-bond donors (Lipinski definition) is 2. The van der Waals surface area contributed by atoms with E-state index in [1.54, 1.807) is 0 Å². The van der Waals surface area contributed by atoms with Crippen molar-refractivity contribution in [2.45, 2.75) is 33.4 Å². The van der Waals surface area contributed by atoms with Crippen LogP contribution in [0, 0.1) is 0 Å². The van der Waals surface area contributed by atoms with Gasteiger partial charge in [-0.25, -0.2) is 4.79 Å². The number of carbonyl (C=O) groups is 1. The minimum atomic E-state index is -0.645. The van der Waals surface area contributed by atoms with E-state index in [4.69, 9.17) is 10.5 Å². The van der Waals surface area contributed by atoms with Crippen LogP contribution in [0.5, 0.6) is 5.75 Å². The Bertz CT molecular complexity index is 944. The quantitative estimate of drug-likeness (QED) is 0.580. The summed E-state index contributed by atoms with van der Waals surface area (Å²) in [6.07, 6.45) is 0.666. The highest BCUT2D eigenvalue weighted by molar-refractivity contribution is 6.00. The molecule has 1 aromatic heterocycles. The van der Waals surface area contributed by atoms with E-state index in [0.717, 1.165) is 20.8 Å². The van der Waals surface area contributed by atoms with Crippen molar-refractivity contribution in [3.05, 3.63) is 56.2 Å². The Kier molecular flexibility index (Phi) is 7.17. The first-order valence-electron chi connectivity index (χ1n) is 9.45. The van der Waals surface area contributed by atoms with Crippen LogP contribution in [-0.2, 0) is 20.1 Å². The Hall–Kier alpha value is -2.87. The first-order valence-corrected chi connectivity index (χ1v) is 9.45. The third-order valence-corrected chi connectivity index (χ3v) is 4.51. The zero-order valence-corrected chi connectivity index (χ0v) is 16.9. The van der Waals surface area contributed by atoms with Gasteiger partial charge < -0.3 is 15.4 Å². The molecule has 0 saturated heterocycles. The number of quaternary nitrogens is 1. The van der Waals surface area contributed by atoms with E-state index in [2.05, 4.69) is 0 Å². The van der Waals surface area contributed by atoms with Crippen LogP contribution in [0.4, 0.5) is 5.82 Å². The van der Waals surface area contributed by atoms with Crippen LogP contribution in [-0.4, -0.2) is 35.1 Å². The molecule has 0 radical (unpaired) electrons. The fraction of sp³-hybridized carbons (Fsp3) is 0.450. The summed E-state index contributed by atoms with van der Waals surface area (Å²) in [4.78, 5) is 38.4. The lowest BCUT2D eigenvalue weighted by Crippen LogP contribution is -3.08. The standard InChI is InChI=1S/C20H28N4O4/c1-5-11-24-18(21)17(19(26)23(4)20(24)27)16(25)13-22(3)12-14-7-9-15(10-8-14)28-6-2/h7-10H,5-6,11-13,21H2,1-4H3/p+1. The van der Waals surface area contributed by atoms with E-state index in [-0.39, 0.29) is 23.7 Å². The summed E-state index contributed by atoms with van der Waals surface area (Å²) in [6.45, 7) is 5.48. The lowest BCUT2D eigenvalue weighted by Gasteiger charge is -2.16. The topological polar surface area (TPSA) is 101 Å². The molecule has 28 heavy (non-hydrogen) atoms. The number of nitrogens with one attached hydrogen (secondary N) is 1. The van der Waals surface area contributed by atoms with Crippen molar-refractivity contribution in [3.63, 3.8) is 0 Å². The summed E-state index contributed by atoms with van der Waals surface area (Å²) in [6, 6.07) is 7.69. The molecule has 1 heterocycles. The minimum Gasteiger partial charge on any atom is -0.494 e. The molecule has 3 N–H and O–H groups in total. The van der Waals surface area contributed by atoms with Crippen molar-refractivity contribution >= 4 is 11.6 Å². The predicted octanol–water partition coefficient (Wildman–Crippen LogP) is -0.164. The molecule has 0 saturated carbocycles. The summed E-state index contributed by atoms with van der Waals surface area (Å²) in [7, 11) is 3.24. The van der Waals surface area contributed by atoms with E-state index in [1.165, 1.54) is 11.6 Å². The third-order valence-electron chi connectivity index (χ3n) is 4.51. The molecule has 0 aliphatic rings. The molecule has 0 fully saturated rings. The number of nitrogen functional groups attached to an aromatic ring is 1. The maximum atomic E-state index is 12.8. The lowest BCUT2D eigenvalue weighted by molar-refractivity contribution is -0.884. The molecule has 0 bridgehead atoms. The number of rotatable bonds is 9. The number of benzene rings is 1. The molecule has 1 unspecified atom stereocenters. The second kappa shape index (κ2) is 9.36. The zero-order valence-electron chi connectivity index (χ0n) is 16.9. The Balaban J connectivity index is 2.20. The van der Waals surface area contributed by atoms with Crippen LogP contribution in [0.1, 0.15) is 36.2 Å². The van der Waals surface area contributed by atoms with E-state index in [9.17, 15) is 14.4 Å². The lowest BCUT2D eigenvalue weighted by atomic mass is 10.1. The van der Waals surface area contributed by atoms with Crippen molar-refractivity contribution in [1.29, 1.82) is 0 Å². The summed E-state index contributed by atoms with van der Waals surface area (Å²) < 4.78 is 7.66. The number of aromatic nitrogens is 2. The van der Waals surface area contributed by atoms with Gasteiger partial charge in [0, 0.05) is 19.2 Å². The maximum absolute atomic E-state index is 12.8. The smallest absolute Gasteiger partial charge is 0.332 e.